The van der Waals surface area contributed by atoms with Crippen molar-refractivity contribution in [3.63, 3.8) is 0 Å². The summed E-state index contributed by atoms with van der Waals surface area (Å²) in [7, 11) is 1.71. The average molecular weight is 382 g/mol. The van der Waals surface area contributed by atoms with Crippen molar-refractivity contribution < 1.29 is 9.53 Å². The van der Waals surface area contributed by atoms with Crippen molar-refractivity contribution in [1.29, 1.82) is 0 Å². The number of hydrogen-bond acceptors (Lipinski definition) is 4. The number of amides is 1. The number of pyridine rings is 1. The Kier molecular flexibility index (Phi) is 6.04. The van der Waals surface area contributed by atoms with Crippen LogP contribution in [0.1, 0.15) is 57.8 Å². The molecule has 2 aromatic rings. The van der Waals surface area contributed by atoms with Crippen LogP contribution in [0, 0.1) is 27.7 Å². The molecule has 5 heteroatoms. The Balaban J connectivity index is 1.66. The number of likely N-dealkylation sites (tertiary alicyclic amines) is 1. The normalized spacial score (nSPS) is 18.1. The minimum absolute atomic E-state index is 0.00965. The number of benzene rings is 1. The molecule has 1 unspecified atom stereocenters. The maximum absolute atomic E-state index is 12.6. The Morgan fingerprint density at radius 3 is 2.50 bits per heavy atom. The molecule has 1 N–H and O–H groups in total. The summed E-state index contributed by atoms with van der Waals surface area (Å²) in [5.41, 5.74) is 6.24. The second-order valence-electron chi connectivity index (χ2n) is 7.88. The first-order valence-electron chi connectivity index (χ1n) is 9.94. The SMILES string of the molecule is COc1ccc(C(C)N2CC[C@@H](NC(=O)c3cc(C)nc(C)c3)C2)c(C)c1C. The van der Waals surface area contributed by atoms with Crippen molar-refractivity contribution in [3.05, 3.63) is 57.9 Å². The van der Waals surface area contributed by atoms with Crippen molar-refractivity contribution in [2.75, 3.05) is 20.2 Å². The molecular formula is C23H31N3O2. The minimum Gasteiger partial charge on any atom is -0.496 e. The number of aryl methyl sites for hydroxylation is 2. The van der Waals surface area contributed by atoms with Crippen LogP contribution in [0.4, 0.5) is 0 Å². The van der Waals surface area contributed by atoms with E-state index in [0.717, 1.165) is 36.6 Å². The number of nitrogens with zero attached hydrogens (tertiary/aromatic N) is 2. The zero-order valence-corrected chi connectivity index (χ0v) is 17.8. The van der Waals surface area contributed by atoms with Crippen LogP contribution in [0.3, 0.4) is 0 Å². The van der Waals surface area contributed by atoms with Gasteiger partial charge in [-0.05, 0) is 75.9 Å². The van der Waals surface area contributed by atoms with Crippen molar-refractivity contribution in [2.45, 2.75) is 53.1 Å². The highest BCUT2D eigenvalue weighted by molar-refractivity contribution is 5.94. The summed E-state index contributed by atoms with van der Waals surface area (Å²) in [6.07, 6.45) is 0.966. The van der Waals surface area contributed by atoms with Crippen LogP contribution in [0.5, 0.6) is 5.75 Å². The van der Waals surface area contributed by atoms with Gasteiger partial charge in [0.15, 0.2) is 0 Å². The highest BCUT2D eigenvalue weighted by atomic mass is 16.5. The molecule has 28 heavy (non-hydrogen) atoms. The molecule has 0 spiro atoms. The maximum Gasteiger partial charge on any atom is 0.251 e. The lowest BCUT2D eigenvalue weighted by Gasteiger charge is -2.27. The lowest BCUT2D eigenvalue weighted by Crippen LogP contribution is -2.37. The lowest BCUT2D eigenvalue weighted by atomic mass is 9.97. The molecule has 1 saturated heterocycles. The lowest BCUT2D eigenvalue weighted by molar-refractivity contribution is 0.0936. The van der Waals surface area contributed by atoms with E-state index in [9.17, 15) is 4.79 Å². The highest BCUT2D eigenvalue weighted by Crippen LogP contribution is 2.32. The second kappa shape index (κ2) is 8.31. The molecule has 1 aliphatic heterocycles. The number of carbonyl (C=O) groups is 1. The largest absolute Gasteiger partial charge is 0.496 e. The fraction of sp³-hybridized carbons (Fsp3) is 0.478. The number of hydrogen-bond donors (Lipinski definition) is 1. The first-order valence-corrected chi connectivity index (χ1v) is 9.94. The first-order chi connectivity index (χ1) is 13.3. The molecule has 1 amide bonds. The Labute approximate surface area is 168 Å². The number of methoxy groups -OCH3 is 1. The van der Waals surface area contributed by atoms with Crippen LogP contribution in [0.2, 0.25) is 0 Å². The van der Waals surface area contributed by atoms with Crippen molar-refractivity contribution >= 4 is 5.91 Å². The van der Waals surface area contributed by atoms with E-state index >= 15 is 0 Å². The minimum atomic E-state index is -0.00965. The van der Waals surface area contributed by atoms with Crippen LogP contribution in [0.25, 0.3) is 0 Å². The Bertz CT molecular complexity index is 858. The van der Waals surface area contributed by atoms with Crippen LogP contribution >= 0.6 is 0 Å². The van der Waals surface area contributed by atoms with Crippen LogP contribution < -0.4 is 10.1 Å². The molecule has 3 rings (SSSR count). The molecule has 0 radical (unpaired) electrons. The Morgan fingerprint density at radius 2 is 1.86 bits per heavy atom. The van der Waals surface area contributed by atoms with Gasteiger partial charge in [-0.15, -0.1) is 0 Å². The monoisotopic (exact) mass is 381 g/mol. The summed E-state index contributed by atoms with van der Waals surface area (Å²) in [6.45, 7) is 12.2. The third-order valence-electron chi connectivity index (χ3n) is 5.90. The van der Waals surface area contributed by atoms with Crippen molar-refractivity contribution in [3.8, 4) is 5.75 Å². The third kappa shape index (κ3) is 4.20. The molecule has 0 aliphatic carbocycles. The molecule has 5 nitrogen and oxygen atoms in total. The van der Waals surface area contributed by atoms with Gasteiger partial charge in [0.25, 0.3) is 5.91 Å². The van der Waals surface area contributed by atoms with Gasteiger partial charge >= 0.3 is 0 Å². The summed E-state index contributed by atoms with van der Waals surface area (Å²) < 4.78 is 5.44. The molecule has 2 heterocycles. The molecule has 2 atom stereocenters. The molecule has 1 aromatic carbocycles. The highest BCUT2D eigenvalue weighted by Gasteiger charge is 2.29. The van der Waals surface area contributed by atoms with E-state index in [0.29, 0.717) is 11.6 Å². The van der Waals surface area contributed by atoms with E-state index in [4.69, 9.17) is 4.74 Å². The van der Waals surface area contributed by atoms with Gasteiger partial charge < -0.3 is 10.1 Å². The summed E-state index contributed by atoms with van der Waals surface area (Å²) in [4.78, 5) is 19.4. The summed E-state index contributed by atoms with van der Waals surface area (Å²) >= 11 is 0. The standard InChI is InChI=1S/C23H31N3O2/c1-14-11-19(12-15(2)24-14)23(27)25-20-9-10-26(13-20)18(5)21-7-8-22(28-6)17(4)16(21)3/h7-8,11-12,18,20H,9-10,13H2,1-6H3,(H,25,27)/t18?,20-/m1/s1. The van der Waals surface area contributed by atoms with Gasteiger partial charge in [-0.1, -0.05) is 6.07 Å². The predicted molar refractivity (Wildman–Crippen MR) is 112 cm³/mol. The topological polar surface area (TPSA) is 54.5 Å². The van der Waals surface area contributed by atoms with Crippen molar-refractivity contribution in [2.24, 2.45) is 0 Å². The van der Waals surface area contributed by atoms with Crippen molar-refractivity contribution in [1.82, 2.24) is 15.2 Å². The molecule has 1 fully saturated rings. The number of ether oxygens (including phenoxy) is 1. The molecule has 150 valence electrons. The van der Waals surface area contributed by atoms with Gasteiger partial charge in [0.05, 0.1) is 7.11 Å². The fourth-order valence-corrected chi connectivity index (χ4v) is 4.18. The first kappa shape index (κ1) is 20.3. The number of rotatable bonds is 5. The molecule has 0 saturated carbocycles. The zero-order chi connectivity index (χ0) is 20.4. The molecule has 1 aromatic heterocycles. The van der Waals surface area contributed by atoms with Gasteiger partial charge in [0, 0.05) is 42.1 Å². The summed E-state index contributed by atoms with van der Waals surface area (Å²) in [5.74, 6) is 0.924. The summed E-state index contributed by atoms with van der Waals surface area (Å²) in [6, 6.07) is 8.39. The summed E-state index contributed by atoms with van der Waals surface area (Å²) in [5, 5.41) is 3.20. The van der Waals surface area contributed by atoms with E-state index in [2.05, 4.69) is 48.1 Å². The van der Waals surface area contributed by atoms with E-state index in [1.54, 1.807) is 7.11 Å². The third-order valence-corrected chi connectivity index (χ3v) is 5.90. The number of carbonyl (C=O) groups excluding carboxylic acids is 1. The number of aromatic nitrogens is 1. The Morgan fingerprint density at radius 1 is 1.18 bits per heavy atom. The Hall–Kier alpha value is -2.40. The van der Waals surface area contributed by atoms with Crippen LogP contribution in [-0.2, 0) is 0 Å². The van der Waals surface area contributed by atoms with Gasteiger partial charge in [-0.2, -0.15) is 0 Å². The van der Waals surface area contributed by atoms with Crippen LogP contribution in [-0.4, -0.2) is 42.0 Å². The quantitative estimate of drug-likeness (QED) is 0.854. The van der Waals surface area contributed by atoms with Gasteiger partial charge in [0.2, 0.25) is 0 Å². The van der Waals surface area contributed by atoms with Gasteiger partial charge in [0.1, 0.15) is 5.75 Å². The molecular weight excluding hydrogens is 350 g/mol. The molecule has 0 bridgehead atoms. The van der Waals surface area contributed by atoms with E-state index < -0.39 is 0 Å². The average Bonchev–Trinajstić information content (AvgIpc) is 3.11. The second-order valence-corrected chi connectivity index (χ2v) is 7.88. The fourth-order valence-electron chi connectivity index (χ4n) is 4.18. The predicted octanol–water partition coefficient (Wildman–Crippen LogP) is 3.89. The smallest absolute Gasteiger partial charge is 0.251 e. The van der Waals surface area contributed by atoms with E-state index in [1.807, 2.05) is 26.0 Å². The molecule has 1 aliphatic rings. The zero-order valence-electron chi connectivity index (χ0n) is 17.8. The van der Waals surface area contributed by atoms with Gasteiger partial charge in [-0.25, -0.2) is 0 Å². The maximum atomic E-state index is 12.6. The van der Waals surface area contributed by atoms with E-state index in [-0.39, 0.29) is 11.9 Å². The van der Waals surface area contributed by atoms with E-state index in [1.165, 1.54) is 16.7 Å². The van der Waals surface area contributed by atoms with Crippen LogP contribution in [0.15, 0.2) is 24.3 Å². The number of nitrogens with one attached hydrogen (secondary N) is 1. The van der Waals surface area contributed by atoms with Gasteiger partial charge in [-0.3, -0.25) is 14.7 Å².